The summed E-state index contributed by atoms with van der Waals surface area (Å²) in [5.41, 5.74) is 7.01. The lowest BCUT2D eigenvalue weighted by atomic mass is 10.3. The van der Waals surface area contributed by atoms with Crippen LogP contribution >= 0.6 is 58.7 Å². The Balaban J connectivity index is 0.00000176. The fourth-order valence-corrected chi connectivity index (χ4v) is 4.22. The van der Waals surface area contributed by atoms with Crippen LogP contribution in [0.5, 0.6) is 0 Å². The zero-order chi connectivity index (χ0) is 14.7. The molecule has 2 aromatic rings. The highest BCUT2D eigenvalue weighted by molar-refractivity contribution is 14.0. The third-order valence-corrected chi connectivity index (χ3v) is 5.60. The van der Waals surface area contributed by atoms with E-state index >= 15 is 0 Å². The highest BCUT2D eigenvalue weighted by Gasteiger charge is 2.12. The largest absolute Gasteiger partial charge is 0.370 e. The fourth-order valence-electron chi connectivity index (χ4n) is 2.21. The van der Waals surface area contributed by atoms with E-state index in [-0.39, 0.29) is 24.0 Å². The van der Waals surface area contributed by atoms with E-state index in [2.05, 4.69) is 14.9 Å². The Morgan fingerprint density at radius 1 is 1.36 bits per heavy atom. The topological polar surface area (TPSA) is 54.5 Å². The van der Waals surface area contributed by atoms with Gasteiger partial charge in [-0.3, -0.25) is 4.99 Å². The van der Waals surface area contributed by atoms with Crippen LogP contribution in [-0.2, 0) is 6.42 Å². The zero-order valence-electron chi connectivity index (χ0n) is 12.0. The summed E-state index contributed by atoms with van der Waals surface area (Å²) in [6.07, 6.45) is 0.820. The number of aliphatic imine (C=N–C) groups is 1. The SMILES string of the molecule is I.NC(=NCCc1nc2cc(Cl)ccc2s1)N1CCSCC1. The molecule has 3 rings (SSSR count). The van der Waals surface area contributed by atoms with Gasteiger partial charge < -0.3 is 10.6 Å². The fraction of sp³-hybridized carbons (Fsp3) is 0.429. The van der Waals surface area contributed by atoms with Crippen molar-refractivity contribution in [1.29, 1.82) is 0 Å². The predicted molar refractivity (Wildman–Crippen MR) is 109 cm³/mol. The summed E-state index contributed by atoms with van der Waals surface area (Å²) >= 11 is 9.64. The van der Waals surface area contributed by atoms with Crippen LogP contribution in [0.3, 0.4) is 0 Å². The van der Waals surface area contributed by atoms with Gasteiger partial charge in [-0.2, -0.15) is 11.8 Å². The van der Waals surface area contributed by atoms with Gasteiger partial charge in [0.1, 0.15) is 0 Å². The first-order valence-corrected chi connectivity index (χ1v) is 9.25. The molecule has 1 fully saturated rings. The molecule has 0 amide bonds. The van der Waals surface area contributed by atoms with Gasteiger partial charge in [-0.25, -0.2) is 4.98 Å². The second-order valence-corrected chi connectivity index (χ2v) is 7.59. The molecule has 2 N–H and O–H groups in total. The first kappa shape index (κ1) is 18.1. The van der Waals surface area contributed by atoms with Crippen LogP contribution in [0.15, 0.2) is 23.2 Å². The molecule has 4 nitrogen and oxygen atoms in total. The van der Waals surface area contributed by atoms with Crippen molar-refractivity contribution >= 4 is 74.9 Å². The average Bonchev–Trinajstić information content (AvgIpc) is 2.89. The highest BCUT2D eigenvalue weighted by atomic mass is 127. The van der Waals surface area contributed by atoms with Gasteiger partial charge in [0.25, 0.3) is 0 Å². The van der Waals surface area contributed by atoms with E-state index in [1.807, 2.05) is 30.0 Å². The molecule has 8 heteroatoms. The maximum atomic E-state index is 6.04. The van der Waals surface area contributed by atoms with Crippen LogP contribution in [0.25, 0.3) is 10.2 Å². The molecule has 1 aliphatic heterocycles. The van der Waals surface area contributed by atoms with Crippen LogP contribution in [-0.4, -0.2) is 47.0 Å². The number of thiazole rings is 1. The molecule has 0 saturated carbocycles. The minimum Gasteiger partial charge on any atom is -0.370 e. The Kier molecular flexibility index (Phi) is 7.04. The van der Waals surface area contributed by atoms with Crippen molar-refractivity contribution in [1.82, 2.24) is 9.88 Å². The smallest absolute Gasteiger partial charge is 0.191 e. The Hall–Kier alpha value is -0.250. The quantitative estimate of drug-likeness (QED) is 0.426. The molecule has 1 saturated heterocycles. The number of rotatable bonds is 3. The third-order valence-electron chi connectivity index (χ3n) is 3.33. The minimum atomic E-state index is 0. The summed E-state index contributed by atoms with van der Waals surface area (Å²) < 4.78 is 1.17. The minimum absolute atomic E-state index is 0. The average molecular weight is 469 g/mol. The summed E-state index contributed by atoms with van der Waals surface area (Å²) in [5, 5.41) is 1.81. The summed E-state index contributed by atoms with van der Waals surface area (Å²) in [5.74, 6) is 2.93. The lowest BCUT2D eigenvalue weighted by Gasteiger charge is -2.27. The molecular formula is C14H18ClIN4S2. The molecule has 0 atom stereocenters. The van der Waals surface area contributed by atoms with Gasteiger partial charge in [0.05, 0.1) is 15.2 Å². The van der Waals surface area contributed by atoms with E-state index in [1.54, 1.807) is 11.3 Å². The second kappa shape index (κ2) is 8.56. The lowest BCUT2D eigenvalue weighted by molar-refractivity contribution is 0.456. The molecule has 0 bridgehead atoms. The number of benzene rings is 1. The van der Waals surface area contributed by atoms with Crippen LogP contribution in [0.1, 0.15) is 5.01 Å². The Morgan fingerprint density at radius 3 is 2.91 bits per heavy atom. The van der Waals surface area contributed by atoms with E-state index in [4.69, 9.17) is 17.3 Å². The number of nitrogens with zero attached hydrogens (tertiary/aromatic N) is 3. The summed E-state index contributed by atoms with van der Waals surface area (Å²) in [6, 6.07) is 5.82. The number of thioether (sulfide) groups is 1. The molecular weight excluding hydrogens is 451 g/mol. The molecule has 1 aromatic carbocycles. The molecule has 2 heterocycles. The van der Waals surface area contributed by atoms with E-state index in [0.29, 0.717) is 12.5 Å². The van der Waals surface area contributed by atoms with Crippen molar-refractivity contribution in [2.75, 3.05) is 31.1 Å². The lowest BCUT2D eigenvalue weighted by Crippen LogP contribution is -2.42. The highest BCUT2D eigenvalue weighted by Crippen LogP contribution is 2.25. The number of hydrogen-bond acceptors (Lipinski definition) is 4. The van der Waals surface area contributed by atoms with E-state index < -0.39 is 0 Å². The van der Waals surface area contributed by atoms with Crippen LogP contribution < -0.4 is 5.73 Å². The number of halogens is 2. The number of nitrogens with two attached hydrogens (primary N) is 1. The molecule has 0 radical (unpaired) electrons. The standard InChI is InChI=1S/C14H17ClN4S2.HI/c15-10-1-2-12-11(9-10)18-13(21-12)3-4-17-14(16)19-5-7-20-8-6-19;/h1-2,9H,3-8H2,(H2,16,17);1H. The number of fused-ring (bicyclic) bond motifs is 1. The molecule has 22 heavy (non-hydrogen) atoms. The van der Waals surface area contributed by atoms with Crippen molar-refractivity contribution in [3.63, 3.8) is 0 Å². The van der Waals surface area contributed by atoms with Crippen molar-refractivity contribution in [3.05, 3.63) is 28.2 Å². The van der Waals surface area contributed by atoms with Crippen LogP contribution in [0, 0.1) is 0 Å². The van der Waals surface area contributed by atoms with E-state index in [1.165, 1.54) is 4.70 Å². The monoisotopic (exact) mass is 468 g/mol. The van der Waals surface area contributed by atoms with E-state index in [0.717, 1.165) is 46.6 Å². The van der Waals surface area contributed by atoms with E-state index in [9.17, 15) is 0 Å². The molecule has 1 aliphatic rings. The van der Waals surface area contributed by atoms with Crippen molar-refractivity contribution in [3.8, 4) is 0 Å². The molecule has 0 spiro atoms. The van der Waals surface area contributed by atoms with Gasteiger partial charge in [-0.1, -0.05) is 11.6 Å². The maximum Gasteiger partial charge on any atom is 0.191 e. The van der Waals surface area contributed by atoms with Gasteiger partial charge in [-0.15, -0.1) is 35.3 Å². The predicted octanol–water partition coefficient (Wildman–Crippen LogP) is 3.47. The maximum absolute atomic E-state index is 6.04. The van der Waals surface area contributed by atoms with Gasteiger partial charge in [0.2, 0.25) is 0 Å². The van der Waals surface area contributed by atoms with Gasteiger partial charge in [0, 0.05) is 42.6 Å². The second-order valence-electron chi connectivity index (χ2n) is 4.81. The van der Waals surface area contributed by atoms with Gasteiger partial charge in [0.15, 0.2) is 5.96 Å². The number of hydrogen-bond donors (Lipinski definition) is 1. The van der Waals surface area contributed by atoms with Crippen LogP contribution in [0.2, 0.25) is 5.02 Å². The normalized spacial score (nSPS) is 15.9. The van der Waals surface area contributed by atoms with Gasteiger partial charge in [-0.05, 0) is 18.2 Å². The summed E-state index contributed by atoms with van der Waals surface area (Å²) in [4.78, 5) is 11.2. The summed E-state index contributed by atoms with van der Waals surface area (Å²) in [6.45, 7) is 2.68. The van der Waals surface area contributed by atoms with Crippen molar-refractivity contribution < 1.29 is 0 Å². The number of guanidine groups is 1. The molecule has 1 aromatic heterocycles. The Labute approximate surface area is 160 Å². The van der Waals surface area contributed by atoms with Gasteiger partial charge >= 0.3 is 0 Å². The van der Waals surface area contributed by atoms with Crippen LogP contribution in [0.4, 0.5) is 0 Å². The third kappa shape index (κ3) is 4.62. The van der Waals surface area contributed by atoms with Crippen molar-refractivity contribution in [2.24, 2.45) is 10.7 Å². The number of aromatic nitrogens is 1. The summed E-state index contributed by atoms with van der Waals surface area (Å²) in [7, 11) is 0. The first-order valence-electron chi connectivity index (χ1n) is 6.90. The molecule has 120 valence electrons. The first-order chi connectivity index (χ1) is 10.2. The van der Waals surface area contributed by atoms with Crippen molar-refractivity contribution in [2.45, 2.75) is 6.42 Å². The Morgan fingerprint density at radius 2 is 2.14 bits per heavy atom. The molecule has 0 aliphatic carbocycles. The zero-order valence-corrected chi connectivity index (χ0v) is 16.7. The Bertz CT molecular complexity index is 655. The molecule has 0 unspecified atom stereocenters.